The number of hydrogen-bond acceptors (Lipinski definition) is 6. The second-order valence-corrected chi connectivity index (χ2v) is 6.02. The zero-order valence-corrected chi connectivity index (χ0v) is 15.7. The molecule has 0 radical (unpaired) electrons. The third-order valence-corrected chi connectivity index (χ3v) is 4.22. The SMILES string of the molecule is CCOC(=O)c1nc(-c2ccc([N+](=O)[O-])c(C)c2)[nH]c1-c1ccc(OC)cc1. The van der Waals surface area contributed by atoms with Gasteiger partial charge in [0.2, 0.25) is 0 Å². The highest BCUT2D eigenvalue weighted by Crippen LogP contribution is 2.30. The fraction of sp³-hybridized carbons (Fsp3) is 0.200. The number of benzene rings is 2. The molecule has 8 nitrogen and oxygen atoms in total. The van der Waals surface area contributed by atoms with Crippen molar-refractivity contribution < 1.29 is 19.2 Å². The molecule has 3 aromatic rings. The molecular formula is C20H19N3O5. The van der Waals surface area contributed by atoms with E-state index >= 15 is 0 Å². The summed E-state index contributed by atoms with van der Waals surface area (Å²) >= 11 is 0. The van der Waals surface area contributed by atoms with E-state index in [4.69, 9.17) is 9.47 Å². The van der Waals surface area contributed by atoms with Gasteiger partial charge in [-0.1, -0.05) is 0 Å². The third-order valence-electron chi connectivity index (χ3n) is 4.22. The number of carbonyl (C=O) groups is 1. The van der Waals surface area contributed by atoms with E-state index in [1.165, 1.54) is 6.07 Å². The Bertz CT molecular complexity index is 1020. The molecule has 1 aromatic heterocycles. The van der Waals surface area contributed by atoms with Crippen LogP contribution in [0.5, 0.6) is 5.75 Å². The van der Waals surface area contributed by atoms with Crippen LogP contribution >= 0.6 is 0 Å². The number of nitro benzene ring substituents is 1. The van der Waals surface area contributed by atoms with Crippen LogP contribution in [0.4, 0.5) is 5.69 Å². The second kappa shape index (κ2) is 7.91. The molecule has 0 bridgehead atoms. The molecule has 0 spiro atoms. The van der Waals surface area contributed by atoms with Crippen molar-refractivity contribution in [1.29, 1.82) is 0 Å². The first kappa shape index (κ1) is 19.1. The molecule has 1 N–H and O–H groups in total. The van der Waals surface area contributed by atoms with Crippen molar-refractivity contribution in [2.75, 3.05) is 13.7 Å². The van der Waals surface area contributed by atoms with Crippen molar-refractivity contribution in [1.82, 2.24) is 9.97 Å². The van der Waals surface area contributed by atoms with E-state index in [0.717, 1.165) is 5.56 Å². The average Bonchev–Trinajstić information content (AvgIpc) is 3.13. The zero-order valence-electron chi connectivity index (χ0n) is 15.7. The second-order valence-electron chi connectivity index (χ2n) is 6.02. The monoisotopic (exact) mass is 381 g/mol. The molecule has 0 aliphatic carbocycles. The van der Waals surface area contributed by atoms with Gasteiger partial charge in [0, 0.05) is 22.8 Å². The number of nitrogens with zero attached hydrogens (tertiary/aromatic N) is 2. The van der Waals surface area contributed by atoms with Crippen LogP contribution < -0.4 is 4.74 Å². The maximum Gasteiger partial charge on any atom is 0.359 e. The number of hydrogen-bond donors (Lipinski definition) is 1. The molecule has 8 heteroatoms. The Balaban J connectivity index is 2.09. The number of carbonyl (C=O) groups excluding carboxylic acids is 1. The van der Waals surface area contributed by atoms with Gasteiger partial charge in [-0.15, -0.1) is 0 Å². The summed E-state index contributed by atoms with van der Waals surface area (Å²) in [5, 5.41) is 11.0. The molecule has 0 fully saturated rings. The van der Waals surface area contributed by atoms with Crippen molar-refractivity contribution in [2.45, 2.75) is 13.8 Å². The minimum Gasteiger partial charge on any atom is -0.497 e. The Morgan fingerprint density at radius 1 is 1.18 bits per heavy atom. The summed E-state index contributed by atoms with van der Waals surface area (Å²) in [6.07, 6.45) is 0. The van der Waals surface area contributed by atoms with Crippen molar-refractivity contribution in [3.8, 4) is 28.4 Å². The van der Waals surface area contributed by atoms with Gasteiger partial charge in [-0.3, -0.25) is 10.1 Å². The highest BCUT2D eigenvalue weighted by Gasteiger charge is 2.21. The summed E-state index contributed by atoms with van der Waals surface area (Å²) in [6.45, 7) is 3.60. The van der Waals surface area contributed by atoms with Crippen LogP contribution in [0.15, 0.2) is 42.5 Å². The van der Waals surface area contributed by atoms with E-state index in [0.29, 0.717) is 28.4 Å². The first-order valence-corrected chi connectivity index (χ1v) is 8.61. The number of esters is 1. The summed E-state index contributed by atoms with van der Waals surface area (Å²) in [5.41, 5.74) is 2.55. The molecule has 0 aliphatic heterocycles. The maximum atomic E-state index is 12.4. The lowest BCUT2D eigenvalue weighted by Gasteiger charge is -2.04. The van der Waals surface area contributed by atoms with Gasteiger partial charge in [-0.25, -0.2) is 9.78 Å². The molecule has 0 saturated carbocycles. The number of H-pyrrole nitrogens is 1. The predicted molar refractivity (Wildman–Crippen MR) is 103 cm³/mol. The predicted octanol–water partition coefficient (Wildman–Crippen LogP) is 4.15. The van der Waals surface area contributed by atoms with Gasteiger partial charge in [-0.05, 0) is 50.2 Å². The first-order chi connectivity index (χ1) is 13.4. The number of nitro groups is 1. The fourth-order valence-electron chi connectivity index (χ4n) is 2.83. The van der Waals surface area contributed by atoms with Gasteiger partial charge in [0.05, 0.1) is 24.3 Å². The van der Waals surface area contributed by atoms with Gasteiger partial charge in [-0.2, -0.15) is 0 Å². The van der Waals surface area contributed by atoms with Crippen molar-refractivity contribution in [3.63, 3.8) is 0 Å². The van der Waals surface area contributed by atoms with Gasteiger partial charge in [0.1, 0.15) is 11.6 Å². The minimum absolute atomic E-state index is 0.0244. The Kier molecular flexibility index (Phi) is 5.39. The largest absolute Gasteiger partial charge is 0.497 e. The summed E-state index contributed by atoms with van der Waals surface area (Å²) in [7, 11) is 1.57. The van der Waals surface area contributed by atoms with E-state index in [2.05, 4.69) is 9.97 Å². The number of ether oxygens (including phenoxy) is 2. The van der Waals surface area contributed by atoms with Crippen molar-refractivity contribution >= 4 is 11.7 Å². The summed E-state index contributed by atoms with van der Waals surface area (Å²) in [5.74, 6) is 0.563. The van der Waals surface area contributed by atoms with Crippen LogP contribution in [0, 0.1) is 17.0 Å². The topological polar surface area (TPSA) is 107 Å². The zero-order chi connectivity index (χ0) is 20.3. The quantitative estimate of drug-likeness (QED) is 0.390. The summed E-state index contributed by atoms with van der Waals surface area (Å²) in [6, 6.07) is 11.8. The van der Waals surface area contributed by atoms with Crippen LogP contribution in [0.25, 0.3) is 22.6 Å². The van der Waals surface area contributed by atoms with Gasteiger partial charge in [0.15, 0.2) is 5.69 Å². The highest BCUT2D eigenvalue weighted by molar-refractivity contribution is 5.95. The van der Waals surface area contributed by atoms with E-state index < -0.39 is 10.9 Å². The molecule has 0 amide bonds. The van der Waals surface area contributed by atoms with E-state index in [-0.39, 0.29) is 18.0 Å². The normalized spacial score (nSPS) is 10.5. The van der Waals surface area contributed by atoms with Crippen molar-refractivity contribution in [2.24, 2.45) is 0 Å². The number of methoxy groups -OCH3 is 1. The standard InChI is InChI=1S/C20H19N3O5/c1-4-28-20(24)18-17(13-5-8-15(27-3)9-6-13)21-19(22-18)14-7-10-16(23(25)26)12(2)11-14/h5-11H,4H2,1-3H3,(H,21,22). The average molecular weight is 381 g/mol. The summed E-state index contributed by atoms with van der Waals surface area (Å²) < 4.78 is 10.3. The molecule has 144 valence electrons. The minimum atomic E-state index is -0.547. The lowest BCUT2D eigenvalue weighted by atomic mass is 10.1. The van der Waals surface area contributed by atoms with Crippen LogP contribution in [-0.2, 0) is 4.74 Å². The van der Waals surface area contributed by atoms with E-state index in [9.17, 15) is 14.9 Å². The Morgan fingerprint density at radius 3 is 2.43 bits per heavy atom. The lowest BCUT2D eigenvalue weighted by molar-refractivity contribution is -0.385. The molecular weight excluding hydrogens is 362 g/mol. The number of aromatic amines is 1. The van der Waals surface area contributed by atoms with E-state index in [1.807, 2.05) is 0 Å². The van der Waals surface area contributed by atoms with Crippen LogP contribution in [-0.4, -0.2) is 34.6 Å². The third kappa shape index (κ3) is 3.71. The maximum absolute atomic E-state index is 12.4. The van der Waals surface area contributed by atoms with Gasteiger partial charge >= 0.3 is 5.97 Å². The Morgan fingerprint density at radius 2 is 1.86 bits per heavy atom. The van der Waals surface area contributed by atoms with E-state index in [1.54, 1.807) is 57.4 Å². The number of aryl methyl sites for hydroxylation is 1. The highest BCUT2D eigenvalue weighted by atomic mass is 16.6. The molecule has 0 unspecified atom stereocenters. The van der Waals surface area contributed by atoms with Gasteiger partial charge < -0.3 is 14.5 Å². The summed E-state index contributed by atoms with van der Waals surface area (Å²) in [4.78, 5) is 30.5. The van der Waals surface area contributed by atoms with Crippen molar-refractivity contribution in [3.05, 3.63) is 63.8 Å². The molecule has 2 aromatic carbocycles. The molecule has 28 heavy (non-hydrogen) atoms. The van der Waals surface area contributed by atoms with Crippen LogP contribution in [0.1, 0.15) is 23.0 Å². The van der Waals surface area contributed by atoms with Crippen LogP contribution in [0.2, 0.25) is 0 Å². The lowest BCUT2D eigenvalue weighted by Crippen LogP contribution is -2.06. The number of rotatable bonds is 6. The molecule has 0 aliphatic rings. The number of aromatic nitrogens is 2. The smallest absolute Gasteiger partial charge is 0.359 e. The fourth-order valence-corrected chi connectivity index (χ4v) is 2.83. The van der Waals surface area contributed by atoms with Crippen LogP contribution in [0.3, 0.4) is 0 Å². The molecule has 0 saturated heterocycles. The van der Waals surface area contributed by atoms with Gasteiger partial charge in [0.25, 0.3) is 5.69 Å². The molecule has 1 heterocycles. The molecule has 0 atom stereocenters. The number of nitrogens with one attached hydrogen (secondary N) is 1. The number of imidazole rings is 1. The Labute approximate surface area is 161 Å². The first-order valence-electron chi connectivity index (χ1n) is 8.61. The Hall–Kier alpha value is -3.68. The molecule has 3 rings (SSSR count).